The summed E-state index contributed by atoms with van der Waals surface area (Å²) in [5.41, 5.74) is 4.32. The van der Waals surface area contributed by atoms with Gasteiger partial charge in [0.1, 0.15) is 6.61 Å². The van der Waals surface area contributed by atoms with Crippen molar-refractivity contribution in [2.75, 3.05) is 12.4 Å². The number of anilines is 1. The highest BCUT2D eigenvalue weighted by atomic mass is 79.9. The first-order chi connectivity index (χ1) is 18.2. The number of ether oxygens (including phenoxy) is 2. The van der Waals surface area contributed by atoms with Crippen molar-refractivity contribution in [2.45, 2.75) is 6.61 Å². The third-order valence-corrected chi connectivity index (χ3v) is 8.06. The highest BCUT2D eigenvalue weighted by molar-refractivity contribution is 9.10. The number of nitrogens with zero attached hydrogens (tertiary/aromatic N) is 1. The Morgan fingerprint density at radius 3 is 2.58 bits per heavy atom. The molecule has 1 aliphatic rings. The lowest BCUT2D eigenvalue weighted by Gasteiger charge is -2.16. The van der Waals surface area contributed by atoms with Crippen molar-refractivity contribution in [3.8, 4) is 11.5 Å². The van der Waals surface area contributed by atoms with Crippen molar-refractivity contribution in [3.63, 3.8) is 0 Å². The summed E-state index contributed by atoms with van der Waals surface area (Å²) in [6.45, 7) is 0.239. The molecule has 0 unspecified atom stereocenters. The highest BCUT2D eigenvalue weighted by Crippen LogP contribution is 2.39. The van der Waals surface area contributed by atoms with Crippen LogP contribution in [0.15, 0.2) is 64.0 Å². The maximum Gasteiger partial charge on any atom is 0.338 e. The second-order valence-corrected chi connectivity index (χ2v) is 11.4. The predicted molar refractivity (Wildman–Crippen MR) is 160 cm³/mol. The first-order valence-electron chi connectivity index (χ1n) is 10.7. The number of carbonyl (C=O) groups is 2. The molecule has 196 valence electrons. The number of hydrogen-bond acceptors (Lipinski definition) is 6. The van der Waals surface area contributed by atoms with Crippen LogP contribution in [0.5, 0.6) is 11.5 Å². The first kappa shape index (κ1) is 28.5. The third-order valence-electron chi connectivity index (χ3n) is 5.06. The zero-order chi connectivity index (χ0) is 27.4. The largest absolute Gasteiger partial charge is 0.493 e. The molecule has 3 aromatic carbocycles. The van der Waals surface area contributed by atoms with Gasteiger partial charge in [-0.3, -0.25) is 4.79 Å². The van der Waals surface area contributed by atoms with Gasteiger partial charge in [-0.05, 0) is 76.2 Å². The van der Waals surface area contributed by atoms with Crippen molar-refractivity contribution in [1.82, 2.24) is 10.4 Å². The van der Waals surface area contributed by atoms with Gasteiger partial charge >= 0.3 is 6.03 Å². The Morgan fingerprint density at radius 2 is 1.87 bits per heavy atom. The number of thiocarbonyl (C=S) groups is 1. The summed E-state index contributed by atoms with van der Waals surface area (Å²) in [6, 6.07) is 14.8. The maximum absolute atomic E-state index is 13.0. The van der Waals surface area contributed by atoms with Gasteiger partial charge < -0.3 is 14.8 Å². The van der Waals surface area contributed by atoms with Gasteiger partial charge in [0, 0.05) is 16.3 Å². The zero-order valence-electron chi connectivity index (χ0n) is 19.4. The van der Waals surface area contributed by atoms with Crippen LogP contribution in [0.3, 0.4) is 0 Å². The Balaban J connectivity index is 1.47. The molecule has 0 radical (unpaired) electrons. The molecule has 0 atom stereocenters. The minimum absolute atomic E-state index is 0.163. The molecular weight excluding hydrogens is 657 g/mol. The lowest BCUT2D eigenvalue weighted by atomic mass is 10.1. The number of rotatable bonds is 7. The smallest absolute Gasteiger partial charge is 0.338 e. The molecule has 0 aliphatic carbocycles. The van der Waals surface area contributed by atoms with Gasteiger partial charge in [0.2, 0.25) is 0 Å². The minimum Gasteiger partial charge on any atom is -0.493 e. The number of halogens is 4. The zero-order valence-corrected chi connectivity index (χ0v) is 24.9. The van der Waals surface area contributed by atoms with E-state index in [0.717, 1.165) is 22.3 Å². The Bertz CT molecular complexity index is 1470. The predicted octanol–water partition coefficient (Wildman–Crippen LogP) is 7.93. The van der Waals surface area contributed by atoms with Crippen molar-refractivity contribution in [3.05, 3.63) is 90.2 Å². The van der Waals surface area contributed by atoms with E-state index in [2.05, 4.69) is 26.7 Å². The second kappa shape index (κ2) is 12.6. The third kappa shape index (κ3) is 6.74. The fourth-order valence-corrected chi connectivity index (χ4v) is 5.52. The number of amides is 3. The van der Waals surface area contributed by atoms with Gasteiger partial charge in [0.15, 0.2) is 15.8 Å². The van der Waals surface area contributed by atoms with Crippen molar-refractivity contribution in [1.29, 1.82) is 0 Å². The van der Waals surface area contributed by atoms with Crippen LogP contribution in [0.2, 0.25) is 15.1 Å². The molecule has 38 heavy (non-hydrogen) atoms. The molecule has 3 amide bonds. The van der Waals surface area contributed by atoms with E-state index in [4.69, 9.17) is 56.5 Å². The van der Waals surface area contributed by atoms with E-state index in [-0.39, 0.29) is 16.0 Å². The molecular formula is C25H17BrCl3N3O4S2. The van der Waals surface area contributed by atoms with Gasteiger partial charge in [0.05, 0.1) is 26.5 Å². The van der Waals surface area contributed by atoms with E-state index in [1.54, 1.807) is 36.4 Å². The monoisotopic (exact) mass is 671 g/mol. The van der Waals surface area contributed by atoms with Crippen LogP contribution in [0.1, 0.15) is 11.1 Å². The van der Waals surface area contributed by atoms with Gasteiger partial charge in [-0.1, -0.05) is 64.8 Å². The normalized spacial score (nSPS) is 14.1. The highest BCUT2D eigenvalue weighted by Gasteiger charge is 2.33. The topological polar surface area (TPSA) is 79.9 Å². The standard InChI is InChI=1S/C25H17BrCl3N3O4S2/c1-35-20-9-13(8-16(26)22(20)36-12-14-4-2-3-5-17(14)27)10-21-23(33)32(25(37)38-21)31-24(34)30-15-6-7-18(28)19(29)11-15/h2-11H,12H2,1H3,(H2,30,31,34)/b21-10+. The molecule has 0 spiro atoms. The summed E-state index contributed by atoms with van der Waals surface area (Å²) < 4.78 is 12.3. The summed E-state index contributed by atoms with van der Waals surface area (Å²) in [6.07, 6.45) is 1.64. The average Bonchev–Trinajstić information content (AvgIpc) is 3.13. The minimum atomic E-state index is -0.676. The van der Waals surface area contributed by atoms with Crippen LogP contribution in [-0.2, 0) is 11.4 Å². The molecule has 0 aromatic heterocycles. The van der Waals surface area contributed by atoms with Crippen LogP contribution >= 0.6 is 74.7 Å². The SMILES string of the molecule is COc1cc(/C=C2/SC(=S)N(NC(=O)Nc3ccc(Cl)c(Cl)c3)C2=O)cc(Br)c1OCc1ccccc1Cl. The van der Waals surface area contributed by atoms with E-state index < -0.39 is 11.9 Å². The van der Waals surface area contributed by atoms with Crippen LogP contribution < -0.4 is 20.2 Å². The Kier molecular flexibility index (Phi) is 9.45. The molecule has 1 saturated heterocycles. The van der Waals surface area contributed by atoms with Gasteiger partial charge in [-0.25, -0.2) is 10.2 Å². The van der Waals surface area contributed by atoms with E-state index in [1.807, 2.05) is 18.2 Å². The molecule has 0 bridgehead atoms. The fourth-order valence-electron chi connectivity index (χ4n) is 3.28. The van der Waals surface area contributed by atoms with Gasteiger partial charge in [0.25, 0.3) is 5.91 Å². The summed E-state index contributed by atoms with van der Waals surface area (Å²) in [4.78, 5) is 25.7. The van der Waals surface area contributed by atoms with E-state index in [0.29, 0.717) is 42.2 Å². The quantitative estimate of drug-likeness (QED) is 0.196. The molecule has 1 heterocycles. The first-order valence-corrected chi connectivity index (χ1v) is 13.9. The number of hydrazine groups is 1. The molecule has 1 fully saturated rings. The summed E-state index contributed by atoms with van der Waals surface area (Å²) in [5, 5.41) is 4.80. The lowest BCUT2D eigenvalue weighted by molar-refractivity contribution is -0.123. The van der Waals surface area contributed by atoms with E-state index in [9.17, 15) is 9.59 Å². The van der Waals surface area contributed by atoms with Crippen molar-refractivity contribution < 1.29 is 19.1 Å². The number of methoxy groups -OCH3 is 1. The maximum atomic E-state index is 13.0. The number of benzene rings is 3. The summed E-state index contributed by atoms with van der Waals surface area (Å²) >= 11 is 28.0. The molecule has 13 heteroatoms. The molecule has 2 N–H and O–H groups in total. The fraction of sp³-hybridized carbons (Fsp3) is 0.0800. The Labute approximate surface area is 251 Å². The number of thioether (sulfide) groups is 1. The number of carbonyl (C=O) groups excluding carboxylic acids is 2. The van der Waals surface area contributed by atoms with Gasteiger partial charge in [-0.2, -0.15) is 5.01 Å². The van der Waals surface area contributed by atoms with Gasteiger partial charge in [-0.15, -0.1) is 0 Å². The molecule has 7 nitrogen and oxygen atoms in total. The number of hydrogen-bond donors (Lipinski definition) is 2. The van der Waals surface area contributed by atoms with Crippen LogP contribution in [0, 0.1) is 0 Å². The second-order valence-electron chi connectivity index (χ2n) is 7.63. The number of urea groups is 1. The van der Waals surface area contributed by atoms with E-state index >= 15 is 0 Å². The Morgan fingerprint density at radius 1 is 1.11 bits per heavy atom. The van der Waals surface area contributed by atoms with Crippen molar-refractivity contribution in [2.24, 2.45) is 0 Å². The summed E-state index contributed by atoms with van der Waals surface area (Å²) in [7, 11) is 1.52. The van der Waals surface area contributed by atoms with Crippen LogP contribution in [0.25, 0.3) is 6.08 Å². The molecule has 1 aliphatic heterocycles. The van der Waals surface area contributed by atoms with Crippen LogP contribution in [0.4, 0.5) is 10.5 Å². The number of nitrogens with one attached hydrogen (secondary N) is 2. The van der Waals surface area contributed by atoms with Crippen LogP contribution in [-0.4, -0.2) is 28.4 Å². The Hall–Kier alpha value is -2.47. The average molecular weight is 674 g/mol. The summed E-state index contributed by atoms with van der Waals surface area (Å²) in [5.74, 6) is 0.448. The van der Waals surface area contributed by atoms with E-state index in [1.165, 1.54) is 13.2 Å². The van der Waals surface area contributed by atoms with Crippen molar-refractivity contribution >= 4 is 103 Å². The molecule has 3 aromatic rings. The lowest BCUT2D eigenvalue weighted by Crippen LogP contribution is -2.46. The molecule has 4 rings (SSSR count). The molecule has 0 saturated carbocycles.